The summed E-state index contributed by atoms with van der Waals surface area (Å²) in [7, 11) is 0. The number of carbonyl (C=O) groups is 2. The summed E-state index contributed by atoms with van der Waals surface area (Å²) >= 11 is 0. The summed E-state index contributed by atoms with van der Waals surface area (Å²) in [6, 6.07) is 10.5. The van der Waals surface area contributed by atoms with Gasteiger partial charge in [0.05, 0.1) is 0 Å². The third-order valence-corrected chi connectivity index (χ3v) is 2.59. The van der Waals surface area contributed by atoms with Gasteiger partial charge in [-0.15, -0.1) is 10.2 Å². The van der Waals surface area contributed by atoms with Crippen LogP contribution < -0.4 is 11.1 Å². The molecular formula is C13H12N4O3. The van der Waals surface area contributed by atoms with Crippen LogP contribution in [-0.4, -0.2) is 27.2 Å². The van der Waals surface area contributed by atoms with Crippen molar-refractivity contribution in [1.29, 1.82) is 0 Å². The van der Waals surface area contributed by atoms with Gasteiger partial charge in [-0.3, -0.25) is 4.79 Å². The van der Waals surface area contributed by atoms with E-state index in [9.17, 15) is 14.7 Å². The smallest absolute Gasteiger partial charge is 0.330 e. The molecule has 1 heterocycles. The van der Waals surface area contributed by atoms with Crippen LogP contribution in [-0.2, 0) is 4.79 Å². The number of hydrogen-bond acceptors (Lipinski definition) is 5. The quantitative estimate of drug-likeness (QED) is 0.741. The molecule has 0 saturated heterocycles. The topological polar surface area (TPSA) is 118 Å². The number of carbonyl (C=O) groups excluding carboxylic acids is 1. The number of aromatic nitrogens is 2. The fourth-order valence-corrected chi connectivity index (χ4v) is 1.62. The van der Waals surface area contributed by atoms with E-state index in [1.165, 1.54) is 12.1 Å². The molecule has 102 valence electrons. The number of rotatable bonds is 5. The van der Waals surface area contributed by atoms with Gasteiger partial charge in [0.1, 0.15) is 5.82 Å². The van der Waals surface area contributed by atoms with Crippen molar-refractivity contribution in [3.8, 4) is 0 Å². The summed E-state index contributed by atoms with van der Waals surface area (Å²) in [4.78, 5) is 22.2. The minimum Gasteiger partial charge on any atom is -0.479 e. The second-order valence-corrected chi connectivity index (χ2v) is 3.99. The van der Waals surface area contributed by atoms with E-state index in [2.05, 4.69) is 15.5 Å². The molecule has 0 aliphatic carbocycles. The molecular weight excluding hydrogens is 260 g/mol. The van der Waals surface area contributed by atoms with Gasteiger partial charge in [-0.1, -0.05) is 30.3 Å². The molecule has 0 bridgehead atoms. The summed E-state index contributed by atoms with van der Waals surface area (Å²) in [6.45, 7) is 0. The Labute approximate surface area is 114 Å². The molecule has 7 nitrogen and oxygen atoms in total. The van der Waals surface area contributed by atoms with E-state index in [1.807, 2.05) is 0 Å². The minimum absolute atomic E-state index is 0.0159. The van der Waals surface area contributed by atoms with Crippen LogP contribution >= 0.6 is 0 Å². The molecule has 0 aliphatic rings. The van der Waals surface area contributed by atoms with Crippen LogP contribution in [0, 0.1) is 0 Å². The lowest BCUT2D eigenvalue weighted by molar-refractivity contribution is -0.138. The van der Waals surface area contributed by atoms with Gasteiger partial charge in [-0.2, -0.15) is 0 Å². The fourth-order valence-electron chi connectivity index (χ4n) is 1.62. The zero-order chi connectivity index (χ0) is 14.5. The number of hydrogen-bond donors (Lipinski definition) is 3. The van der Waals surface area contributed by atoms with E-state index in [0.717, 1.165) is 0 Å². The lowest BCUT2D eigenvalue weighted by Gasteiger charge is -2.14. The first kappa shape index (κ1) is 13.5. The number of nitrogens with zero attached hydrogens (tertiary/aromatic N) is 2. The molecule has 0 spiro atoms. The average molecular weight is 272 g/mol. The van der Waals surface area contributed by atoms with Crippen molar-refractivity contribution in [3.05, 3.63) is 53.7 Å². The van der Waals surface area contributed by atoms with E-state index in [4.69, 9.17) is 5.73 Å². The van der Waals surface area contributed by atoms with Crippen molar-refractivity contribution in [2.24, 2.45) is 5.73 Å². The Balaban J connectivity index is 2.21. The first-order valence-electron chi connectivity index (χ1n) is 5.76. The van der Waals surface area contributed by atoms with Crippen molar-refractivity contribution < 1.29 is 14.7 Å². The third-order valence-electron chi connectivity index (χ3n) is 2.59. The van der Waals surface area contributed by atoms with Crippen LogP contribution in [0.5, 0.6) is 0 Å². The number of primary amides is 1. The van der Waals surface area contributed by atoms with Gasteiger partial charge in [0.2, 0.25) is 0 Å². The molecule has 20 heavy (non-hydrogen) atoms. The minimum atomic E-state index is -1.04. The number of amides is 1. The van der Waals surface area contributed by atoms with Gasteiger partial charge < -0.3 is 16.2 Å². The van der Waals surface area contributed by atoms with E-state index in [0.29, 0.717) is 5.56 Å². The third kappa shape index (κ3) is 3.08. The number of nitrogens with two attached hydrogens (primary N) is 1. The van der Waals surface area contributed by atoms with Crippen LogP contribution in [0.25, 0.3) is 0 Å². The first-order valence-corrected chi connectivity index (χ1v) is 5.76. The Morgan fingerprint density at radius 2 is 1.80 bits per heavy atom. The maximum atomic E-state index is 11.3. The number of benzene rings is 1. The van der Waals surface area contributed by atoms with Gasteiger partial charge in [0, 0.05) is 0 Å². The monoisotopic (exact) mass is 272 g/mol. The van der Waals surface area contributed by atoms with E-state index in [1.54, 1.807) is 30.3 Å². The Morgan fingerprint density at radius 3 is 2.30 bits per heavy atom. The SMILES string of the molecule is NC(=O)c1ccc(NC(C(=O)O)c2ccccc2)nn1. The Bertz CT molecular complexity index is 613. The molecule has 1 aromatic carbocycles. The number of anilines is 1. The molecule has 2 aromatic rings. The molecule has 4 N–H and O–H groups in total. The van der Waals surface area contributed by atoms with Crippen LogP contribution in [0.4, 0.5) is 5.82 Å². The Morgan fingerprint density at radius 1 is 1.10 bits per heavy atom. The maximum Gasteiger partial charge on any atom is 0.330 e. The highest BCUT2D eigenvalue weighted by Gasteiger charge is 2.20. The number of nitrogens with one attached hydrogen (secondary N) is 1. The zero-order valence-electron chi connectivity index (χ0n) is 10.4. The van der Waals surface area contributed by atoms with Crippen molar-refractivity contribution in [1.82, 2.24) is 10.2 Å². The predicted octanol–water partition coefficient (Wildman–Crippen LogP) is 0.813. The largest absolute Gasteiger partial charge is 0.479 e. The molecule has 0 radical (unpaired) electrons. The number of carboxylic acids is 1. The summed E-state index contributed by atoms with van der Waals surface area (Å²) in [5.41, 5.74) is 5.65. The summed E-state index contributed by atoms with van der Waals surface area (Å²) in [5, 5.41) is 19.3. The van der Waals surface area contributed by atoms with Crippen molar-refractivity contribution >= 4 is 17.7 Å². The van der Waals surface area contributed by atoms with E-state index < -0.39 is 17.9 Å². The standard InChI is InChI=1S/C13H12N4O3/c14-12(18)9-6-7-10(17-16-9)15-11(13(19)20)8-4-2-1-3-5-8/h1-7,11H,(H2,14,18)(H,15,17)(H,19,20). The second-order valence-electron chi connectivity index (χ2n) is 3.99. The van der Waals surface area contributed by atoms with Gasteiger partial charge in [-0.05, 0) is 17.7 Å². The summed E-state index contributed by atoms with van der Waals surface area (Å²) in [6.07, 6.45) is 0. The zero-order valence-corrected chi connectivity index (χ0v) is 10.4. The second kappa shape index (κ2) is 5.79. The van der Waals surface area contributed by atoms with Crippen molar-refractivity contribution in [3.63, 3.8) is 0 Å². The lowest BCUT2D eigenvalue weighted by atomic mass is 10.1. The fraction of sp³-hybridized carbons (Fsp3) is 0.0769. The van der Waals surface area contributed by atoms with Crippen LogP contribution in [0.2, 0.25) is 0 Å². The van der Waals surface area contributed by atoms with Crippen LogP contribution in [0.3, 0.4) is 0 Å². The van der Waals surface area contributed by atoms with Gasteiger partial charge in [0.15, 0.2) is 11.7 Å². The molecule has 0 fully saturated rings. The molecule has 1 unspecified atom stereocenters. The van der Waals surface area contributed by atoms with E-state index in [-0.39, 0.29) is 11.5 Å². The van der Waals surface area contributed by atoms with Gasteiger partial charge >= 0.3 is 5.97 Å². The summed E-state index contributed by atoms with van der Waals surface area (Å²) < 4.78 is 0. The predicted molar refractivity (Wildman–Crippen MR) is 71.0 cm³/mol. The number of carboxylic acid groups (broad SMARTS) is 1. The highest BCUT2D eigenvalue weighted by Crippen LogP contribution is 2.18. The van der Waals surface area contributed by atoms with Crippen LogP contribution in [0.1, 0.15) is 22.1 Å². The Hall–Kier alpha value is -2.96. The highest BCUT2D eigenvalue weighted by molar-refractivity contribution is 5.90. The lowest BCUT2D eigenvalue weighted by Crippen LogP contribution is -2.21. The van der Waals surface area contributed by atoms with Crippen molar-refractivity contribution in [2.75, 3.05) is 5.32 Å². The molecule has 7 heteroatoms. The van der Waals surface area contributed by atoms with E-state index >= 15 is 0 Å². The molecule has 1 amide bonds. The van der Waals surface area contributed by atoms with Gasteiger partial charge in [0.25, 0.3) is 5.91 Å². The first-order chi connectivity index (χ1) is 9.58. The molecule has 2 rings (SSSR count). The van der Waals surface area contributed by atoms with Crippen LogP contribution in [0.15, 0.2) is 42.5 Å². The Kier molecular flexibility index (Phi) is 3.90. The number of aliphatic carboxylic acids is 1. The normalized spacial score (nSPS) is 11.6. The molecule has 1 atom stereocenters. The van der Waals surface area contributed by atoms with Gasteiger partial charge in [-0.25, -0.2) is 4.79 Å². The molecule has 0 aliphatic heterocycles. The highest BCUT2D eigenvalue weighted by atomic mass is 16.4. The average Bonchev–Trinajstić information content (AvgIpc) is 2.46. The molecule has 1 aromatic heterocycles. The van der Waals surface area contributed by atoms with Crippen molar-refractivity contribution in [2.45, 2.75) is 6.04 Å². The summed E-state index contributed by atoms with van der Waals surface area (Å²) in [5.74, 6) is -1.50. The molecule has 0 saturated carbocycles. The maximum absolute atomic E-state index is 11.3.